The molecule has 1 heterocycles. The lowest BCUT2D eigenvalue weighted by molar-refractivity contribution is -0.144. The van der Waals surface area contributed by atoms with E-state index < -0.39 is 8.32 Å². The highest BCUT2D eigenvalue weighted by molar-refractivity contribution is 6.74. The van der Waals surface area contributed by atoms with E-state index in [9.17, 15) is 9.59 Å². The molecule has 0 saturated carbocycles. The first-order valence-electron chi connectivity index (χ1n) is 12.9. The van der Waals surface area contributed by atoms with Gasteiger partial charge in [-0.05, 0) is 74.4 Å². The maximum atomic E-state index is 12.8. The molecule has 0 bridgehead atoms. The van der Waals surface area contributed by atoms with Crippen LogP contribution < -0.4 is 9.74 Å². The Morgan fingerprint density at radius 2 is 1.80 bits per heavy atom. The van der Waals surface area contributed by atoms with Crippen molar-refractivity contribution in [1.29, 1.82) is 0 Å². The lowest BCUT2D eigenvalue weighted by Crippen LogP contribution is -2.43. The fourth-order valence-electron chi connectivity index (χ4n) is 4.12. The van der Waals surface area contributed by atoms with Crippen LogP contribution in [-0.2, 0) is 20.7 Å². The van der Waals surface area contributed by atoms with E-state index in [1.807, 2.05) is 31.2 Å². The number of benzene rings is 1. The Bertz CT molecular complexity index is 940. The third-order valence-corrected chi connectivity index (χ3v) is 11.4. The minimum absolute atomic E-state index is 0.128. The standard InChI is InChI=1S/C29H45NO4Si/c1-10-11-20(2)16-21(3)17-22(4)28(32)33-26-19-27(31)30-25(26)18-23-12-14-24(15-13-23)34-35(8,9)29(5,6)7/h11-15,19,21-22,25H,10,16-18H2,1-9H3,(H,30,31)/b20-11+/t21-,22-,25-/m0/s1. The van der Waals surface area contributed by atoms with Crippen LogP contribution in [0.15, 0.2) is 47.7 Å². The first-order valence-corrected chi connectivity index (χ1v) is 15.8. The predicted octanol–water partition coefficient (Wildman–Crippen LogP) is 6.95. The molecule has 0 aromatic heterocycles. The van der Waals surface area contributed by atoms with Crippen LogP contribution in [0.2, 0.25) is 18.1 Å². The summed E-state index contributed by atoms with van der Waals surface area (Å²) in [5.41, 5.74) is 2.40. The summed E-state index contributed by atoms with van der Waals surface area (Å²) in [6.07, 6.45) is 6.95. The molecule has 3 atom stereocenters. The number of ether oxygens (including phenoxy) is 1. The number of amides is 1. The minimum Gasteiger partial charge on any atom is -0.544 e. The molecule has 2 rings (SSSR count). The number of carbonyl (C=O) groups excluding carboxylic acids is 2. The van der Waals surface area contributed by atoms with Gasteiger partial charge in [-0.3, -0.25) is 9.59 Å². The fourth-order valence-corrected chi connectivity index (χ4v) is 5.16. The van der Waals surface area contributed by atoms with E-state index in [1.54, 1.807) is 0 Å². The third kappa shape index (κ3) is 8.67. The average Bonchev–Trinajstić information content (AvgIpc) is 3.06. The van der Waals surface area contributed by atoms with E-state index in [-0.39, 0.29) is 28.9 Å². The van der Waals surface area contributed by atoms with Crippen molar-refractivity contribution >= 4 is 20.2 Å². The molecule has 0 spiro atoms. The average molecular weight is 500 g/mol. The van der Waals surface area contributed by atoms with Crippen molar-refractivity contribution in [3.05, 3.63) is 53.3 Å². The van der Waals surface area contributed by atoms with Crippen molar-refractivity contribution in [2.24, 2.45) is 11.8 Å². The molecule has 5 nitrogen and oxygen atoms in total. The van der Waals surface area contributed by atoms with Gasteiger partial charge in [0.1, 0.15) is 11.5 Å². The van der Waals surface area contributed by atoms with Crippen LogP contribution in [0.4, 0.5) is 0 Å². The molecule has 194 valence electrons. The summed E-state index contributed by atoms with van der Waals surface area (Å²) in [5.74, 6) is 0.925. The molecule has 1 aliphatic rings. The maximum Gasteiger partial charge on any atom is 0.313 e. The van der Waals surface area contributed by atoms with E-state index in [2.05, 4.69) is 66.0 Å². The highest BCUT2D eigenvalue weighted by atomic mass is 28.4. The molecule has 1 amide bonds. The molecule has 0 aliphatic carbocycles. The van der Waals surface area contributed by atoms with Gasteiger partial charge in [-0.25, -0.2) is 0 Å². The summed E-state index contributed by atoms with van der Waals surface area (Å²) in [6, 6.07) is 7.66. The number of nitrogens with one attached hydrogen (secondary N) is 1. The smallest absolute Gasteiger partial charge is 0.313 e. The molecule has 0 fully saturated rings. The van der Waals surface area contributed by atoms with Gasteiger partial charge in [0.15, 0.2) is 0 Å². The van der Waals surface area contributed by atoms with Gasteiger partial charge in [0.05, 0.1) is 12.0 Å². The number of hydrogen-bond acceptors (Lipinski definition) is 4. The lowest BCUT2D eigenvalue weighted by atomic mass is 9.92. The number of esters is 1. The second-order valence-corrected chi connectivity index (χ2v) is 16.4. The second-order valence-electron chi connectivity index (χ2n) is 11.6. The van der Waals surface area contributed by atoms with Crippen LogP contribution in [0.1, 0.15) is 73.3 Å². The molecule has 6 heteroatoms. The van der Waals surface area contributed by atoms with E-state index in [0.717, 1.165) is 30.6 Å². The van der Waals surface area contributed by atoms with Crippen LogP contribution in [0.5, 0.6) is 5.75 Å². The Kier molecular flexibility index (Phi) is 9.96. The van der Waals surface area contributed by atoms with Crippen molar-refractivity contribution in [2.75, 3.05) is 0 Å². The highest BCUT2D eigenvalue weighted by Gasteiger charge is 2.39. The number of rotatable bonds is 11. The van der Waals surface area contributed by atoms with E-state index >= 15 is 0 Å². The minimum atomic E-state index is -1.90. The van der Waals surface area contributed by atoms with E-state index in [1.165, 1.54) is 11.6 Å². The quantitative estimate of drug-likeness (QED) is 0.203. The van der Waals surface area contributed by atoms with E-state index in [0.29, 0.717) is 18.1 Å². The predicted molar refractivity (Wildman–Crippen MR) is 146 cm³/mol. The Morgan fingerprint density at radius 1 is 1.17 bits per heavy atom. The van der Waals surface area contributed by atoms with Crippen LogP contribution in [0.3, 0.4) is 0 Å². The molecular formula is C29H45NO4Si. The van der Waals surface area contributed by atoms with Gasteiger partial charge in [-0.15, -0.1) is 0 Å². The number of allylic oxidation sites excluding steroid dienone is 2. The summed E-state index contributed by atoms with van der Waals surface area (Å²) in [6.45, 7) is 19.5. The molecule has 1 aliphatic heterocycles. The third-order valence-electron chi connectivity index (χ3n) is 7.08. The molecule has 0 saturated heterocycles. The zero-order chi connectivity index (χ0) is 26.4. The van der Waals surface area contributed by atoms with Gasteiger partial charge in [0, 0.05) is 6.08 Å². The van der Waals surface area contributed by atoms with Gasteiger partial charge in [-0.1, -0.05) is 65.3 Å². The topological polar surface area (TPSA) is 64.6 Å². The molecule has 1 aromatic rings. The van der Waals surface area contributed by atoms with Crippen molar-refractivity contribution in [2.45, 2.75) is 98.3 Å². The number of carbonyl (C=O) groups is 2. The Balaban J connectivity index is 1.97. The van der Waals surface area contributed by atoms with Crippen LogP contribution in [-0.4, -0.2) is 26.2 Å². The molecular weight excluding hydrogens is 454 g/mol. The van der Waals surface area contributed by atoms with Gasteiger partial charge in [-0.2, -0.15) is 0 Å². The second kappa shape index (κ2) is 12.1. The van der Waals surface area contributed by atoms with Crippen LogP contribution in [0, 0.1) is 11.8 Å². The Hall–Kier alpha value is -2.34. The highest BCUT2D eigenvalue weighted by Crippen LogP contribution is 2.37. The van der Waals surface area contributed by atoms with Crippen LogP contribution >= 0.6 is 0 Å². The summed E-state index contributed by atoms with van der Waals surface area (Å²) < 4.78 is 12.1. The molecule has 0 unspecified atom stereocenters. The van der Waals surface area contributed by atoms with Crippen LogP contribution in [0.25, 0.3) is 0 Å². The first kappa shape index (κ1) is 28.9. The molecule has 1 N–H and O–H groups in total. The summed E-state index contributed by atoms with van der Waals surface area (Å²) in [7, 11) is -1.90. The van der Waals surface area contributed by atoms with Crippen molar-refractivity contribution in [1.82, 2.24) is 5.32 Å². The largest absolute Gasteiger partial charge is 0.544 e. The van der Waals surface area contributed by atoms with Crippen molar-refractivity contribution in [3.63, 3.8) is 0 Å². The SMILES string of the molecule is CC/C=C(\C)C[C@H](C)C[C@H](C)C(=O)OC1=CC(=O)N[C@H]1Cc1ccc(O[Si](C)(C)C(C)(C)C)cc1. The molecule has 1 aromatic carbocycles. The lowest BCUT2D eigenvalue weighted by Gasteiger charge is -2.36. The zero-order valence-electron chi connectivity index (χ0n) is 23.2. The summed E-state index contributed by atoms with van der Waals surface area (Å²) >= 11 is 0. The Labute approximate surface area is 213 Å². The summed E-state index contributed by atoms with van der Waals surface area (Å²) in [5, 5.41) is 3.04. The maximum absolute atomic E-state index is 12.8. The van der Waals surface area contributed by atoms with Gasteiger partial charge < -0.3 is 14.5 Å². The molecule has 35 heavy (non-hydrogen) atoms. The first-order chi connectivity index (χ1) is 16.2. The van der Waals surface area contributed by atoms with Gasteiger partial charge >= 0.3 is 5.97 Å². The Morgan fingerprint density at radius 3 is 2.37 bits per heavy atom. The van der Waals surface area contributed by atoms with Crippen molar-refractivity contribution < 1.29 is 18.8 Å². The van der Waals surface area contributed by atoms with Gasteiger partial charge in [0.2, 0.25) is 14.2 Å². The zero-order valence-corrected chi connectivity index (χ0v) is 24.2. The van der Waals surface area contributed by atoms with Gasteiger partial charge in [0.25, 0.3) is 0 Å². The molecule has 0 radical (unpaired) electrons. The summed E-state index contributed by atoms with van der Waals surface area (Å²) in [4.78, 5) is 24.9. The van der Waals surface area contributed by atoms with E-state index in [4.69, 9.17) is 9.16 Å². The monoisotopic (exact) mass is 499 g/mol. The number of hydrogen-bond donors (Lipinski definition) is 1. The van der Waals surface area contributed by atoms with Crippen molar-refractivity contribution in [3.8, 4) is 5.75 Å². The fraction of sp³-hybridized carbons (Fsp3) is 0.586. The normalized spacial score (nSPS) is 18.5.